The third-order valence-electron chi connectivity index (χ3n) is 6.02. The zero-order chi connectivity index (χ0) is 20.1. The van der Waals surface area contributed by atoms with E-state index < -0.39 is 0 Å². The molecule has 2 saturated heterocycles. The fraction of sp³-hybridized carbons (Fsp3) is 0.500. The van der Waals surface area contributed by atoms with E-state index in [2.05, 4.69) is 23.3 Å². The molecule has 4 heteroatoms. The van der Waals surface area contributed by atoms with Crippen LogP contribution in [0.3, 0.4) is 0 Å². The van der Waals surface area contributed by atoms with Crippen molar-refractivity contribution in [3.8, 4) is 5.75 Å². The smallest absolute Gasteiger partial charge is 0.149 e. The molecular formula is C24H35N3O. The van der Waals surface area contributed by atoms with Gasteiger partial charge >= 0.3 is 0 Å². The van der Waals surface area contributed by atoms with Gasteiger partial charge in [0.2, 0.25) is 0 Å². The van der Waals surface area contributed by atoms with Gasteiger partial charge in [0.15, 0.2) is 0 Å². The van der Waals surface area contributed by atoms with Crippen molar-refractivity contribution in [2.24, 2.45) is 5.92 Å². The van der Waals surface area contributed by atoms with Gasteiger partial charge in [0.25, 0.3) is 0 Å². The molecule has 152 valence electrons. The molecule has 0 aromatic heterocycles. The van der Waals surface area contributed by atoms with Crippen LogP contribution in [0, 0.1) is 12.8 Å². The van der Waals surface area contributed by atoms with Crippen LogP contribution in [0.15, 0.2) is 54.5 Å². The molecule has 0 spiro atoms. The summed E-state index contributed by atoms with van der Waals surface area (Å²) in [4.78, 5) is 5.11. The van der Waals surface area contributed by atoms with Gasteiger partial charge in [-0.1, -0.05) is 31.2 Å². The van der Waals surface area contributed by atoms with Crippen molar-refractivity contribution in [3.63, 3.8) is 0 Å². The van der Waals surface area contributed by atoms with Gasteiger partial charge in [-0.15, -0.1) is 0 Å². The fourth-order valence-electron chi connectivity index (χ4n) is 4.20. The van der Waals surface area contributed by atoms with Gasteiger partial charge in [-0.2, -0.15) is 0 Å². The number of hydrogen-bond donors (Lipinski definition) is 1. The summed E-state index contributed by atoms with van der Waals surface area (Å²) in [6.07, 6.45) is 10.1. The van der Waals surface area contributed by atoms with Crippen LogP contribution in [0.5, 0.6) is 5.75 Å². The summed E-state index contributed by atoms with van der Waals surface area (Å²) in [5.41, 5.74) is 9.11. The fourth-order valence-corrected chi connectivity index (χ4v) is 4.20. The van der Waals surface area contributed by atoms with Crippen molar-refractivity contribution in [1.82, 2.24) is 9.80 Å². The van der Waals surface area contributed by atoms with Crippen molar-refractivity contribution >= 4 is 5.69 Å². The Morgan fingerprint density at radius 3 is 2.86 bits per heavy atom. The molecule has 0 aliphatic carbocycles. The average molecular weight is 382 g/mol. The van der Waals surface area contributed by atoms with E-state index in [1.807, 2.05) is 50.3 Å². The molecule has 0 radical (unpaired) electrons. The Labute approximate surface area is 170 Å². The lowest BCUT2D eigenvalue weighted by Crippen LogP contribution is -2.54. The molecule has 1 aromatic carbocycles. The lowest BCUT2D eigenvalue weighted by atomic mass is 9.97. The number of nitrogen functional groups attached to an aromatic ring is 1. The van der Waals surface area contributed by atoms with Crippen molar-refractivity contribution in [3.05, 3.63) is 60.0 Å². The number of hydrogen-bond acceptors (Lipinski definition) is 4. The molecule has 28 heavy (non-hydrogen) atoms. The Morgan fingerprint density at radius 1 is 1.29 bits per heavy atom. The first-order valence-electron chi connectivity index (χ1n) is 10.5. The minimum Gasteiger partial charge on any atom is -0.459 e. The van der Waals surface area contributed by atoms with Crippen LogP contribution in [0.1, 0.15) is 38.7 Å². The first kappa shape index (κ1) is 20.5. The largest absolute Gasteiger partial charge is 0.459 e. The van der Waals surface area contributed by atoms with Crippen LogP contribution < -0.4 is 10.5 Å². The molecule has 4 nitrogen and oxygen atoms in total. The summed E-state index contributed by atoms with van der Waals surface area (Å²) in [5.74, 6) is 1.68. The van der Waals surface area contributed by atoms with Crippen LogP contribution in [0.25, 0.3) is 0 Å². The van der Waals surface area contributed by atoms with Crippen molar-refractivity contribution in [2.75, 3.05) is 31.9 Å². The summed E-state index contributed by atoms with van der Waals surface area (Å²) >= 11 is 0. The van der Waals surface area contributed by atoms with Gasteiger partial charge in [0.1, 0.15) is 11.5 Å². The first-order valence-corrected chi connectivity index (χ1v) is 10.5. The maximum absolute atomic E-state index is 6.27. The minimum absolute atomic E-state index is 0.0899. The number of aryl methyl sites for hydroxylation is 1. The molecule has 1 unspecified atom stereocenters. The number of piperazine rings is 1. The van der Waals surface area contributed by atoms with E-state index in [4.69, 9.17) is 10.5 Å². The average Bonchev–Trinajstić information content (AvgIpc) is 2.71. The predicted molar refractivity (Wildman–Crippen MR) is 118 cm³/mol. The number of fused-ring (bicyclic) bond motifs is 1. The monoisotopic (exact) mass is 381 g/mol. The number of piperidine rings is 1. The molecular weight excluding hydrogens is 346 g/mol. The number of nitrogens with two attached hydrogens (primary N) is 1. The van der Waals surface area contributed by atoms with E-state index in [0.29, 0.717) is 17.5 Å². The van der Waals surface area contributed by atoms with Gasteiger partial charge in [0, 0.05) is 31.4 Å². The molecule has 2 heterocycles. The Hall–Kier alpha value is -2.20. The summed E-state index contributed by atoms with van der Waals surface area (Å²) in [5, 5.41) is 0. The highest BCUT2D eigenvalue weighted by Gasteiger charge is 2.31. The number of ether oxygens (including phenoxy) is 1. The summed E-state index contributed by atoms with van der Waals surface area (Å²) in [6.45, 7) is 15.2. The van der Waals surface area contributed by atoms with E-state index in [9.17, 15) is 0 Å². The van der Waals surface area contributed by atoms with Gasteiger partial charge in [-0.05, 0) is 63.9 Å². The molecule has 2 aliphatic heterocycles. The highest BCUT2D eigenvalue weighted by Crippen LogP contribution is 2.31. The molecule has 3 rings (SSSR count). The normalized spacial score (nSPS) is 22.2. The van der Waals surface area contributed by atoms with E-state index >= 15 is 0 Å². The van der Waals surface area contributed by atoms with Crippen molar-refractivity contribution in [2.45, 2.75) is 46.1 Å². The summed E-state index contributed by atoms with van der Waals surface area (Å²) < 4.78 is 6.27. The molecule has 2 atom stereocenters. The van der Waals surface area contributed by atoms with Crippen LogP contribution in [-0.2, 0) is 0 Å². The van der Waals surface area contributed by atoms with E-state index in [-0.39, 0.29) is 5.92 Å². The van der Waals surface area contributed by atoms with Crippen LogP contribution >= 0.6 is 0 Å². The number of rotatable bonds is 6. The van der Waals surface area contributed by atoms with E-state index in [0.717, 1.165) is 36.7 Å². The van der Waals surface area contributed by atoms with Gasteiger partial charge in [-0.25, -0.2) is 0 Å². The first-order chi connectivity index (χ1) is 13.5. The Kier molecular flexibility index (Phi) is 6.84. The van der Waals surface area contributed by atoms with E-state index in [1.54, 1.807) is 0 Å². The lowest BCUT2D eigenvalue weighted by Gasteiger charge is -2.46. The quantitative estimate of drug-likeness (QED) is 0.439. The third kappa shape index (κ3) is 4.79. The van der Waals surface area contributed by atoms with Crippen molar-refractivity contribution in [1.29, 1.82) is 0 Å². The Morgan fingerprint density at radius 2 is 2.11 bits per heavy atom. The zero-order valence-electron chi connectivity index (χ0n) is 17.7. The van der Waals surface area contributed by atoms with Crippen molar-refractivity contribution < 1.29 is 4.74 Å². The van der Waals surface area contributed by atoms with Gasteiger partial charge < -0.3 is 15.4 Å². The summed E-state index contributed by atoms with van der Waals surface area (Å²) in [6, 6.07) is 6.60. The Balaban J connectivity index is 1.73. The van der Waals surface area contributed by atoms with Crippen LogP contribution in [-0.4, -0.2) is 42.0 Å². The molecule has 0 saturated carbocycles. The second-order valence-electron chi connectivity index (χ2n) is 8.08. The second kappa shape index (κ2) is 9.33. The van der Waals surface area contributed by atoms with E-state index in [1.165, 1.54) is 25.8 Å². The maximum Gasteiger partial charge on any atom is 0.149 e. The SMILES string of the molecule is C=C(C(C)/C(=C\C=C/C)Oc1ccc(C)cc1N)N1CCN2CCCC[C@H]2C1. The minimum atomic E-state index is 0.0899. The standard InChI is InChI=1S/C24H35N3O/c1-5-6-10-23(28-24-12-11-18(2)16-22(24)25)19(3)20(4)27-15-14-26-13-8-7-9-21(26)17-27/h5-6,10-12,16,19,21H,4,7-9,13-15,17,25H2,1-3H3/b6-5-,23-10+/t19?,21-/m0/s1. The molecule has 0 bridgehead atoms. The number of nitrogens with zero attached hydrogens (tertiary/aromatic N) is 2. The Bertz CT molecular complexity index is 752. The molecule has 2 fully saturated rings. The molecule has 2 N–H and O–H groups in total. The summed E-state index contributed by atoms with van der Waals surface area (Å²) in [7, 11) is 0. The topological polar surface area (TPSA) is 41.7 Å². The molecule has 0 amide bonds. The number of allylic oxidation sites excluding steroid dienone is 3. The predicted octanol–water partition coefficient (Wildman–Crippen LogP) is 4.74. The van der Waals surface area contributed by atoms with Gasteiger partial charge in [-0.3, -0.25) is 4.90 Å². The van der Waals surface area contributed by atoms with Crippen LogP contribution in [0.4, 0.5) is 5.69 Å². The zero-order valence-corrected chi connectivity index (χ0v) is 17.7. The number of benzene rings is 1. The highest BCUT2D eigenvalue weighted by molar-refractivity contribution is 5.54. The van der Waals surface area contributed by atoms with Gasteiger partial charge in [0.05, 0.1) is 11.6 Å². The third-order valence-corrected chi connectivity index (χ3v) is 6.02. The molecule has 2 aliphatic rings. The second-order valence-corrected chi connectivity index (χ2v) is 8.08. The highest BCUT2D eigenvalue weighted by atomic mass is 16.5. The lowest BCUT2D eigenvalue weighted by molar-refractivity contribution is 0.0611. The maximum atomic E-state index is 6.27. The molecule has 1 aromatic rings. The number of anilines is 1. The van der Waals surface area contributed by atoms with Crippen LogP contribution in [0.2, 0.25) is 0 Å².